The Morgan fingerprint density at radius 1 is 0.800 bits per heavy atom. The molecular formula is C17H17F6NO. The first-order chi connectivity index (χ1) is 11.6. The smallest absolute Gasteiger partial charge is 0.333 e. The average molecular weight is 365 g/mol. The van der Waals surface area contributed by atoms with E-state index in [0.29, 0.717) is 12.1 Å². The summed E-state index contributed by atoms with van der Waals surface area (Å²) in [5.41, 5.74) is -3.44. The molecule has 0 spiro atoms. The van der Waals surface area contributed by atoms with E-state index in [4.69, 9.17) is 0 Å². The van der Waals surface area contributed by atoms with Crippen molar-refractivity contribution in [3.8, 4) is 0 Å². The van der Waals surface area contributed by atoms with Crippen molar-refractivity contribution in [3.63, 3.8) is 0 Å². The third-order valence-corrected chi connectivity index (χ3v) is 4.73. The Bertz CT molecular complexity index is 624. The maximum Gasteiger partial charge on any atom is 0.416 e. The molecule has 0 N–H and O–H groups in total. The fourth-order valence-electron chi connectivity index (χ4n) is 3.39. The highest BCUT2D eigenvalue weighted by molar-refractivity contribution is 5.95. The van der Waals surface area contributed by atoms with Crippen LogP contribution in [0.15, 0.2) is 18.2 Å². The molecule has 0 heterocycles. The van der Waals surface area contributed by atoms with Gasteiger partial charge in [0.2, 0.25) is 0 Å². The molecule has 8 heteroatoms. The monoisotopic (exact) mass is 365 g/mol. The van der Waals surface area contributed by atoms with E-state index >= 15 is 0 Å². The van der Waals surface area contributed by atoms with Gasteiger partial charge in [-0.05, 0) is 43.9 Å². The quantitative estimate of drug-likeness (QED) is 0.668. The van der Waals surface area contributed by atoms with Crippen LogP contribution in [-0.2, 0) is 12.4 Å². The van der Waals surface area contributed by atoms with Gasteiger partial charge in [0, 0.05) is 17.6 Å². The van der Waals surface area contributed by atoms with E-state index in [1.54, 1.807) is 0 Å². The molecule has 2 saturated carbocycles. The second kappa shape index (κ2) is 6.21. The number of alkyl halides is 6. The summed E-state index contributed by atoms with van der Waals surface area (Å²) in [6.45, 7) is 0. The van der Waals surface area contributed by atoms with Crippen LogP contribution in [0.5, 0.6) is 0 Å². The van der Waals surface area contributed by atoms with Gasteiger partial charge in [-0.2, -0.15) is 26.3 Å². The van der Waals surface area contributed by atoms with Gasteiger partial charge in [-0.3, -0.25) is 4.79 Å². The Labute approximate surface area is 140 Å². The molecule has 2 aliphatic carbocycles. The summed E-state index contributed by atoms with van der Waals surface area (Å²) in [7, 11) is 0. The van der Waals surface area contributed by atoms with Crippen LogP contribution in [-0.4, -0.2) is 22.9 Å². The maximum atomic E-state index is 13.0. The number of hydrogen-bond acceptors (Lipinski definition) is 1. The number of nitrogens with zero attached hydrogens (tertiary/aromatic N) is 1. The summed E-state index contributed by atoms with van der Waals surface area (Å²) in [5, 5.41) is 0. The lowest BCUT2D eigenvalue weighted by molar-refractivity contribution is -0.143. The number of carbonyl (C=O) groups is 1. The number of amides is 1. The van der Waals surface area contributed by atoms with Crippen molar-refractivity contribution in [3.05, 3.63) is 34.9 Å². The van der Waals surface area contributed by atoms with Crippen LogP contribution >= 0.6 is 0 Å². The SMILES string of the molecule is O=C(c1cc(C(F)(F)F)cc(C(F)(F)F)c1)N(C1CCCC1)C1CC1. The molecule has 1 aromatic carbocycles. The number of halogens is 6. The highest BCUT2D eigenvalue weighted by Crippen LogP contribution is 2.39. The van der Waals surface area contributed by atoms with E-state index in [9.17, 15) is 31.1 Å². The largest absolute Gasteiger partial charge is 0.416 e. The molecule has 0 radical (unpaired) electrons. The molecule has 1 aromatic rings. The fraction of sp³-hybridized carbons (Fsp3) is 0.588. The Kier molecular flexibility index (Phi) is 4.49. The van der Waals surface area contributed by atoms with Crippen LogP contribution in [0.25, 0.3) is 0 Å². The summed E-state index contributed by atoms with van der Waals surface area (Å²) in [6, 6.07) is 0.945. The molecule has 2 nitrogen and oxygen atoms in total. The van der Waals surface area contributed by atoms with Crippen molar-refractivity contribution in [2.24, 2.45) is 0 Å². The zero-order valence-corrected chi connectivity index (χ0v) is 13.3. The first kappa shape index (κ1) is 18.1. The average Bonchev–Trinajstić information content (AvgIpc) is 3.19. The van der Waals surface area contributed by atoms with Gasteiger partial charge in [0.15, 0.2) is 0 Å². The molecule has 0 atom stereocenters. The predicted octanol–water partition coefficient (Wildman–Crippen LogP) is 5.27. The second-order valence-corrected chi connectivity index (χ2v) is 6.68. The molecule has 2 aliphatic rings. The molecule has 0 unspecified atom stereocenters. The van der Waals surface area contributed by atoms with Gasteiger partial charge in [-0.1, -0.05) is 12.8 Å². The van der Waals surface area contributed by atoms with E-state index in [0.717, 1.165) is 38.5 Å². The van der Waals surface area contributed by atoms with Gasteiger partial charge in [-0.25, -0.2) is 0 Å². The zero-order valence-electron chi connectivity index (χ0n) is 13.3. The van der Waals surface area contributed by atoms with E-state index in [1.165, 1.54) is 4.90 Å². The molecular weight excluding hydrogens is 348 g/mol. The predicted molar refractivity (Wildman–Crippen MR) is 77.9 cm³/mol. The summed E-state index contributed by atoms with van der Waals surface area (Å²) >= 11 is 0. The molecule has 1 amide bonds. The van der Waals surface area contributed by atoms with E-state index in [1.807, 2.05) is 0 Å². The Balaban J connectivity index is 2.00. The third kappa shape index (κ3) is 3.93. The Morgan fingerprint density at radius 3 is 1.64 bits per heavy atom. The molecule has 0 saturated heterocycles. The molecule has 0 aliphatic heterocycles. The lowest BCUT2D eigenvalue weighted by Crippen LogP contribution is -2.40. The topological polar surface area (TPSA) is 20.3 Å². The standard InChI is InChI=1S/C17H17F6NO/c18-16(19,20)11-7-10(8-12(9-11)17(21,22)23)15(25)24(14-5-6-14)13-3-1-2-4-13/h7-9,13-14H,1-6H2. The molecule has 0 bridgehead atoms. The van der Waals surface area contributed by atoms with Gasteiger partial charge in [-0.15, -0.1) is 0 Å². The van der Waals surface area contributed by atoms with Crippen molar-refractivity contribution >= 4 is 5.91 Å². The van der Waals surface area contributed by atoms with Gasteiger partial charge in [0.1, 0.15) is 0 Å². The van der Waals surface area contributed by atoms with Crippen molar-refractivity contribution in [2.75, 3.05) is 0 Å². The van der Waals surface area contributed by atoms with Crippen molar-refractivity contribution in [1.29, 1.82) is 0 Å². The third-order valence-electron chi connectivity index (χ3n) is 4.73. The van der Waals surface area contributed by atoms with Gasteiger partial charge in [0.25, 0.3) is 5.91 Å². The molecule has 138 valence electrons. The highest BCUT2D eigenvalue weighted by Gasteiger charge is 2.41. The van der Waals surface area contributed by atoms with Crippen molar-refractivity contribution in [1.82, 2.24) is 4.90 Å². The first-order valence-corrected chi connectivity index (χ1v) is 8.19. The minimum atomic E-state index is -4.95. The lowest BCUT2D eigenvalue weighted by Gasteiger charge is -2.29. The number of carbonyl (C=O) groups excluding carboxylic acids is 1. The fourth-order valence-corrected chi connectivity index (χ4v) is 3.39. The summed E-state index contributed by atoms with van der Waals surface area (Å²) < 4.78 is 77.9. The van der Waals surface area contributed by atoms with Gasteiger partial charge < -0.3 is 4.90 Å². The van der Waals surface area contributed by atoms with E-state index in [-0.39, 0.29) is 18.2 Å². The minimum Gasteiger partial charge on any atom is -0.333 e. The van der Waals surface area contributed by atoms with E-state index in [2.05, 4.69) is 0 Å². The first-order valence-electron chi connectivity index (χ1n) is 8.19. The normalized spacial score (nSPS) is 19.3. The molecule has 2 fully saturated rings. The Morgan fingerprint density at radius 2 is 1.24 bits per heavy atom. The van der Waals surface area contributed by atoms with Gasteiger partial charge in [0.05, 0.1) is 11.1 Å². The summed E-state index contributed by atoms with van der Waals surface area (Å²) in [6.07, 6.45) is -5.10. The molecule has 0 aromatic heterocycles. The minimum absolute atomic E-state index is 0.0494. The molecule has 25 heavy (non-hydrogen) atoms. The maximum absolute atomic E-state index is 13.0. The second-order valence-electron chi connectivity index (χ2n) is 6.68. The van der Waals surface area contributed by atoms with Crippen LogP contribution in [0.1, 0.15) is 60.0 Å². The number of rotatable bonds is 3. The highest BCUT2D eigenvalue weighted by atomic mass is 19.4. The zero-order chi connectivity index (χ0) is 18.4. The van der Waals surface area contributed by atoms with Crippen molar-refractivity contribution < 1.29 is 31.1 Å². The van der Waals surface area contributed by atoms with Crippen LogP contribution in [0.3, 0.4) is 0 Å². The van der Waals surface area contributed by atoms with Crippen LogP contribution < -0.4 is 0 Å². The lowest BCUT2D eigenvalue weighted by atomic mass is 10.0. The van der Waals surface area contributed by atoms with Crippen LogP contribution in [0.4, 0.5) is 26.3 Å². The van der Waals surface area contributed by atoms with Crippen LogP contribution in [0, 0.1) is 0 Å². The summed E-state index contributed by atoms with van der Waals surface area (Å²) in [4.78, 5) is 14.3. The summed E-state index contributed by atoms with van der Waals surface area (Å²) in [5.74, 6) is -0.731. The number of hydrogen-bond donors (Lipinski definition) is 0. The van der Waals surface area contributed by atoms with E-state index < -0.39 is 35.0 Å². The van der Waals surface area contributed by atoms with Crippen molar-refractivity contribution in [2.45, 2.75) is 63.0 Å². The molecule has 3 rings (SSSR count). The number of benzene rings is 1. The Hall–Kier alpha value is -1.73. The van der Waals surface area contributed by atoms with Gasteiger partial charge >= 0.3 is 12.4 Å². The van der Waals surface area contributed by atoms with Crippen LogP contribution in [0.2, 0.25) is 0 Å².